The van der Waals surface area contributed by atoms with E-state index in [1.807, 2.05) is 11.8 Å². The average molecular weight is 260 g/mol. The zero-order valence-corrected chi connectivity index (χ0v) is 11.8. The van der Waals surface area contributed by atoms with Crippen molar-refractivity contribution in [3.63, 3.8) is 0 Å². The molecule has 1 amide bonds. The quantitative estimate of drug-likeness (QED) is 0.761. The lowest BCUT2D eigenvalue weighted by atomic mass is 9.97. The molecule has 0 aromatic heterocycles. The molecule has 0 aromatic rings. The van der Waals surface area contributed by atoms with Gasteiger partial charge in [0, 0.05) is 24.4 Å². The number of allylic oxidation sites excluding steroid dienone is 2. The molecule has 102 valence electrons. The maximum absolute atomic E-state index is 12.6. The summed E-state index contributed by atoms with van der Waals surface area (Å²) < 4.78 is 5.49. The molecule has 4 heteroatoms. The minimum absolute atomic E-state index is 0.0728. The minimum Gasteiger partial charge on any atom is -0.494 e. The van der Waals surface area contributed by atoms with Gasteiger partial charge in [0.25, 0.3) is 5.91 Å². The molecule has 0 saturated carbocycles. The molecule has 3 aliphatic heterocycles. The highest BCUT2D eigenvalue weighted by molar-refractivity contribution is 5.96. The summed E-state index contributed by atoms with van der Waals surface area (Å²) in [6, 6.07) is 0.399. The Balaban J connectivity index is 2.17. The van der Waals surface area contributed by atoms with Gasteiger partial charge in [0.2, 0.25) is 0 Å². The lowest BCUT2D eigenvalue weighted by molar-refractivity contribution is -0.132. The van der Waals surface area contributed by atoms with Gasteiger partial charge < -0.3 is 14.5 Å². The van der Waals surface area contributed by atoms with Crippen LogP contribution in [0.4, 0.5) is 0 Å². The topological polar surface area (TPSA) is 32.8 Å². The number of hydrogen-bond acceptors (Lipinski definition) is 3. The normalized spacial score (nSPS) is 26.4. The highest BCUT2D eigenvalue weighted by Gasteiger charge is 2.46. The van der Waals surface area contributed by atoms with Gasteiger partial charge in [-0.1, -0.05) is 6.58 Å². The first kappa shape index (κ1) is 12.3. The van der Waals surface area contributed by atoms with Gasteiger partial charge in [-0.25, -0.2) is 0 Å². The highest BCUT2D eigenvalue weighted by Crippen LogP contribution is 2.45. The zero-order valence-electron chi connectivity index (χ0n) is 11.8. The van der Waals surface area contributed by atoms with Gasteiger partial charge in [-0.2, -0.15) is 0 Å². The van der Waals surface area contributed by atoms with Crippen molar-refractivity contribution >= 4 is 5.91 Å². The van der Waals surface area contributed by atoms with Crippen molar-refractivity contribution in [3.8, 4) is 0 Å². The van der Waals surface area contributed by atoms with E-state index in [1.54, 1.807) is 7.11 Å². The SMILES string of the molecule is C=C1C(C)=C2CCC3CN(CC)C(=O)C(=C1OC)N23. The van der Waals surface area contributed by atoms with Crippen LogP contribution in [0.3, 0.4) is 0 Å². The second kappa shape index (κ2) is 4.15. The summed E-state index contributed by atoms with van der Waals surface area (Å²) in [7, 11) is 1.62. The second-order valence-electron chi connectivity index (χ2n) is 5.34. The number of amides is 1. The third kappa shape index (κ3) is 1.49. The molecule has 0 N–H and O–H groups in total. The van der Waals surface area contributed by atoms with Crippen molar-refractivity contribution in [2.24, 2.45) is 0 Å². The molecule has 2 saturated heterocycles. The van der Waals surface area contributed by atoms with Crippen LogP contribution in [0.15, 0.2) is 34.9 Å². The van der Waals surface area contributed by atoms with E-state index in [0.29, 0.717) is 17.5 Å². The number of carbonyl (C=O) groups is 1. The van der Waals surface area contributed by atoms with Crippen LogP contribution in [-0.2, 0) is 9.53 Å². The molecule has 4 nitrogen and oxygen atoms in total. The van der Waals surface area contributed by atoms with E-state index >= 15 is 0 Å². The van der Waals surface area contributed by atoms with Crippen molar-refractivity contribution in [1.82, 2.24) is 9.80 Å². The fourth-order valence-electron chi connectivity index (χ4n) is 3.41. The zero-order chi connectivity index (χ0) is 13.7. The molecule has 3 heterocycles. The van der Waals surface area contributed by atoms with E-state index in [-0.39, 0.29) is 5.91 Å². The van der Waals surface area contributed by atoms with Crippen molar-refractivity contribution in [2.75, 3.05) is 20.2 Å². The first-order valence-electron chi connectivity index (χ1n) is 6.86. The maximum Gasteiger partial charge on any atom is 0.274 e. The van der Waals surface area contributed by atoms with Crippen LogP contribution < -0.4 is 0 Å². The van der Waals surface area contributed by atoms with E-state index < -0.39 is 0 Å². The molecule has 0 radical (unpaired) electrons. The summed E-state index contributed by atoms with van der Waals surface area (Å²) >= 11 is 0. The van der Waals surface area contributed by atoms with Crippen molar-refractivity contribution in [1.29, 1.82) is 0 Å². The van der Waals surface area contributed by atoms with Gasteiger partial charge in [0.05, 0.1) is 13.2 Å². The molecule has 3 aliphatic rings. The van der Waals surface area contributed by atoms with E-state index in [1.165, 1.54) is 11.3 Å². The van der Waals surface area contributed by atoms with Crippen LogP contribution in [0.5, 0.6) is 0 Å². The number of piperazine rings is 1. The minimum atomic E-state index is 0.0728. The predicted octanol–water partition coefficient (Wildman–Crippen LogP) is 2.01. The highest BCUT2D eigenvalue weighted by atomic mass is 16.5. The Morgan fingerprint density at radius 3 is 2.84 bits per heavy atom. The molecular formula is C15H20N2O2. The van der Waals surface area contributed by atoms with Crippen LogP contribution in [0.1, 0.15) is 26.7 Å². The first-order chi connectivity index (χ1) is 9.10. The molecule has 2 fully saturated rings. The first-order valence-corrected chi connectivity index (χ1v) is 6.86. The number of ether oxygens (including phenoxy) is 1. The number of methoxy groups -OCH3 is 1. The van der Waals surface area contributed by atoms with Crippen LogP contribution >= 0.6 is 0 Å². The van der Waals surface area contributed by atoms with Crippen molar-refractivity contribution in [3.05, 3.63) is 34.9 Å². The number of nitrogens with zero attached hydrogens (tertiary/aromatic N) is 2. The molecule has 1 atom stereocenters. The van der Waals surface area contributed by atoms with Gasteiger partial charge in [0.1, 0.15) is 0 Å². The smallest absolute Gasteiger partial charge is 0.274 e. The summed E-state index contributed by atoms with van der Waals surface area (Å²) in [6.07, 6.45) is 2.13. The number of hydrogen-bond donors (Lipinski definition) is 0. The maximum atomic E-state index is 12.6. The Labute approximate surface area is 114 Å². The largest absolute Gasteiger partial charge is 0.494 e. The molecule has 19 heavy (non-hydrogen) atoms. The third-order valence-corrected chi connectivity index (χ3v) is 4.49. The Morgan fingerprint density at radius 1 is 1.47 bits per heavy atom. The fraction of sp³-hybridized carbons (Fsp3) is 0.533. The number of likely N-dealkylation sites (N-methyl/N-ethyl adjacent to an activating group) is 1. The summed E-state index contributed by atoms with van der Waals surface area (Å²) in [5.74, 6) is 0.722. The van der Waals surface area contributed by atoms with Crippen LogP contribution in [0, 0.1) is 0 Å². The third-order valence-electron chi connectivity index (χ3n) is 4.49. The molecule has 0 bridgehead atoms. The van der Waals surface area contributed by atoms with E-state index in [0.717, 1.165) is 31.5 Å². The molecule has 0 aliphatic carbocycles. The Kier molecular flexibility index (Phi) is 2.69. The van der Waals surface area contributed by atoms with E-state index in [9.17, 15) is 4.79 Å². The second-order valence-corrected chi connectivity index (χ2v) is 5.34. The van der Waals surface area contributed by atoms with Crippen molar-refractivity contribution in [2.45, 2.75) is 32.7 Å². The van der Waals surface area contributed by atoms with Crippen LogP contribution in [0.25, 0.3) is 0 Å². The summed E-state index contributed by atoms with van der Waals surface area (Å²) in [5.41, 5.74) is 3.98. The molecular weight excluding hydrogens is 240 g/mol. The monoisotopic (exact) mass is 260 g/mol. The molecule has 0 spiro atoms. The van der Waals surface area contributed by atoms with E-state index in [4.69, 9.17) is 4.74 Å². The summed E-state index contributed by atoms with van der Waals surface area (Å²) in [6.45, 7) is 9.76. The van der Waals surface area contributed by atoms with Crippen LogP contribution in [0.2, 0.25) is 0 Å². The summed E-state index contributed by atoms with van der Waals surface area (Å²) in [5, 5.41) is 0. The lowest BCUT2D eigenvalue weighted by Gasteiger charge is -2.43. The van der Waals surface area contributed by atoms with E-state index in [2.05, 4.69) is 18.4 Å². The fourth-order valence-corrected chi connectivity index (χ4v) is 3.41. The Morgan fingerprint density at radius 2 is 2.21 bits per heavy atom. The standard InChI is InChI=1S/C15H20N2O2/c1-5-16-8-11-6-7-12-9(2)10(3)14(19-4)13(15(16)18)17(11)12/h11H,3,5-8H2,1-2,4H3. The van der Waals surface area contributed by atoms with Gasteiger partial charge in [0.15, 0.2) is 11.5 Å². The molecule has 1 unspecified atom stereocenters. The van der Waals surface area contributed by atoms with Gasteiger partial charge in [-0.05, 0) is 32.3 Å². The van der Waals surface area contributed by atoms with Gasteiger partial charge in [-0.3, -0.25) is 4.79 Å². The summed E-state index contributed by atoms with van der Waals surface area (Å²) in [4.78, 5) is 16.7. The van der Waals surface area contributed by atoms with Crippen molar-refractivity contribution < 1.29 is 9.53 Å². The number of rotatable bonds is 2. The molecule has 3 rings (SSSR count). The van der Waals surface area contributed by atoms with Gasteiger partial charge in [-0.15, -0.1) is 0 Å². The predicted molar refractivity (Wildman–Crippen MR) is 73.0 cm³/mol. The Bertz CT molecular complexity index is 530. The van der Waals surface area contributed by atoms with Crippen LogP contribution in [-0.4, -0.2) is 41.9 Å². The average Bonchev–Trinajstić information content (AvgIpc) is 2.83. The molecule has 0 aromatic carbocycles. The van der Waals surface area contributed by atoms with Gasteiger partial charge >= 0.3 is 0 Å². The Hall–Kier alpha value is -1.71. The number of carbonyl (C=O) groups excluding carboxylic acids is 1. The lowest BCUT2D eigenvalue weighted by Crippen LogP contribution is -2.53.